The van der Waals surface area contributed by atoms with Crippen molar-refractivity contribution in [3.8, 4) is 5.75 Å². The Hall–Kier alpha value is -1.10. The second-order valence-corrected chi connectivity index (χ2v) is 5.87. The molecule has 0 radical (unpaired) electrons. The topological polar surface area (TPSA) is 35.9 Å². The Balaban J connectivity index is 1.97. The Morgan fingerprint density at radius 3 is 2.52 bits per heavy atom. The van der Waals surface area contributed by atoms with Crippen molar-refractivity contribution >= 4 is 0 Å². The van der Waals surface area contributed by atoms with Crippen LogP contribution in [0, 0.1) is 0 Å². The summed E-state index contributed by atoms with van der Waals surface area (Å²) in [4.78, 5) is 5.04. The van der Waals surface area contributed by atoms with E-state index in [0.717, 1.165) is 44.0 Å². The third kappa shape index (κ3) is 4.19. The summed E-state index contributed by atoms with van der Waals surface area (Å²) < 4.78 is 5.44. The first-order valence-electron chi connectivity index (χ1n) is 7.91. The number of aliphatic hydroxyl groups is 1. The summed E-state index contributed by atoms with van der Waals surface area (Å²) in [5.41, 5.74) is 2.12. The lowest BCUT2D eigenvalue weighted by atomic mass is 10.1. The fourth-order valence-electron chi connectivity index (χ4n) is 2.92. The Morgan fingerprint density at radius 1 is 1.24 bits per heavy atom. The van der Waals surface area contributed by atoms with Gasteiger partial charge in [-0.15, -0.1) is 0 Å². The molecule has 1 aliphatic rings. The minimum Gasteiger partial charge on any atom is -0.496 e. The lowest BCUT2D eigenvalue weighted by Gasteiger charge is -2.38. The Kier molecular flexibility index (Phi) is 6.03. The van der Waals surface area contributed by atoms with Crippen LogP contribution in [0.15, 0.2) is 18.2 Å². The third-order valence-corrected chi connectivity index (χ3v) is 4.54. The molecule has 1 N–H and O–H groups in total. The number of benzene rings is 1. The number of hydrogen-bond donors (Lipinski definition) is 1. The summed E-state index contributed by atoms with van der Waals surface area (Å²) in [6.45, 7) is 10.00. The molecular formula is C17H28N2O2. The Morgan fingerprint density at radius 2 is 1.95 bits per heavy atom. The molecule has 0 aromatic heterocycles. The summed E-state index contributed by atoms with van der Waals surface area (Å²) in [7, 11) is 1.71. The minimum absolute atomic E-state index is 0.0821. The lowest BCUT2D eigenvalue weighted by Crippen LogP contribution is -2.49. The average molecular weight is 292 g/mol. The highest BCUT2D eigenvalue weighted by Crippen LogP contribution is 2.22. The molecule has 1 aliphatic heterocycles. The normalized spacial score (nSPS) is 18.7. The minimum atomic E-state index is 0.0821. The van der Waals surface area contributed by atoms with E-state index in [1.54, 1.807) is 7.11 Å². The van der Waals surface area contributed by atoms with Gasteiger partial charge in [-0.05, 0) is 31.0 Å². The van der Waals surface area contributed by atoms with E-state index in [1.165, 1.54) is 12.0 Å². The van der Waals surface area contributed by atoms with E-state index in [2.05, 4.69) is 29.7 Å². The van der Waals surface area contributed by atoms with E-state index >= 15 is 0 Å². The van der Waals surface area contributed by atoms with Gasteiger partial charge in [0.25, 0.3) is 0 Å². The molecule has 0 saturated carbocycles. The average Bonchev–Trinajstić information content (AvgIpc) is 2.54. The van der Waals surface area contributed by atoms with Crippen molar-refractivity contribution in [3.05, 3.63) is 29.3 Å². The fraction of sp³-hybridized carbons (Fsp3) is 0.647. The van der Waals surface area contributed by atoms with E-state index in [4.69, 9.17) is 4.74 Å². The quantitative estimate of drug-likeness (QED) is 0.871. The Labute approximate surface area is 128 Å². The molecule has 4 nitrogen and oxygen atoms in total. The van der Waals surface area contributed by atoms with Crippen LogP contribution >= 0.6 is 0 Å². The fourth-order valence-corrected chi connectivity index (χ4v) is 2.92. The van der Waals surface area contributed by atoms with Gasteiger partial charge in [0.15, 0.2) is 0 Å². The van der Waals surface area contributed by atoms with Crippen LogP contribution in [0.4, 0.5) is 0 Å². The van der Waals surface area contributed by atoms with Crippen LogP contribution in [-0.2, 0) is 13.2 Å². The van der Waals surface area contributed by atoms with Crippen LogP contribution in [0.5, 0.6) is 5.75 Å². The standard InChI is InChI=1S/C17H28N2O2/c1-4-14(2)19-9-7-18(8-10-19)12-16-11-15(13-20)5-6-17(16)21-3/h5-6,11,14,20H,4,7-10,12-13H2,1-3H3. The molecule has 1 heterocycles. The molecule has 1 aromatic carbocycles. The highest BCUT2D eigenvalue weighted by molar-refractivity contribution is 5.37. The van der Waals surface area contributed by atoms with Gasteiger partial charge in [-0.25, -0.2) is 0 Å². The van der Waals surface area contributed by atoms with E-state index < -0.39 is 0 Å². The van der Waals surface area contributed by atoms with Gasteiger partial charge in [0, 0.05) is 44.3 Å². The van der Waals surface area contributed by atoms with E-state index in [1.807, 2.05) is 12.1 Å². The maximum Gasteiger partial charge on any atom is 0.123 e. The zero-order chi connectivity index (χ0) is 15.2. The second-order valence-electron chi connectivity index (χ2n) is 5.87. The molecule has 0 amide bonds. The molecule has 4 heteroatoms. The van der Waals surface area contributed by atoms with Gasteiger partial charge >= 0.3 is 0 Å². The molecule has 1 unspecified atom stereocenters. The second kappa shape index (κ2) is 7.78. The van der Waals surface area contributed by atoms with Gasteiger partial charge in [0.05, 0.1) is 13.7 Å². The lowest BCUT2D eigenvalue weighted by molar-refractivity contribution is 0.0958. The molecule has 0 aliphatic carbocycles. The maximum atomic E-state index is 9.29. The van der Waals surface area contributed by atoms with Crippen LogP contribution in [0.3, 0.4) is 0 Å². The van der Waals surface area contributed by atoms with Crippen molar-refractivity contribution in [2.24, 2.45) is 0 Å². The summed E-state index contributed by atoms with van der Waals surface area (Å²) in [6.07, 6.45) is 1.21. The van der Waals surface area contributed by atoms with Crippen molar-refractivity contribution in [1.82, 2.24) is 9.80 Å². The first-order chi connectivity index (χ1) is 10.2. The number of nitrogens with zero attached hydrogens (tertiary/aromatic N) is 2. The third-order valence-electron chi connectivity index (χ3n) is 4.54. The molecule has 1 atom stereocenters. The van der Waals surface area contributed by atoms with Gasteiger partial charge < -0.3 is 9.84 Å². The van der Waals surface area contributed by atoms with Crippen LogP contribution in [0.1, 0.15) is 31.4 Å². The van der Waals surface area contributed by atoms with Crippen LogP contribution < -0.4 is 4.74 Å². The van der Waals surface area contributed by atoms with Crippen LogP contribution in [0.25, 0.3) is 0 Å². The summed E-state index contributed by atoms with van der Waals surface area (Å²) in [6, 6.07) is 6.61. The SMILES string of the molecule is CCC(C)N1CCN(Cc2cc(CO)ccc2OC)CC1. The van der Waals surface area contributed by atoms with Gasteiger partial charge in [-0.3, -0.25) is 9.80 Å². The smallest absolute Gasteiger partial charge is 0.123 e. The van der Waals surface area contributed by atoms with Crippen molar-refractivity contribution in [1.29, 1.82) is 0 Å². The number of methoxy groups -OCH3 is 1. The van der Waals surface area contributed by atoms with Crippen molar-refractivity contribution in [2.45, 2.75) is 39.5 Å². The summed E-state index contributed by atoms with van der Waals surface area (Å²) in [5.74, 6) is 0.913. The number of rotatable bonds is 6. The van der Waals surface area contributed by atoms with Gasteiger partial charge in [0.2, 0.25) is 0 Å². The van der Waals surface area contributed by atoms with Crippen LogP contribution in [-0.4, -0.2) is 54.2 Å². The first-order valence-corrected chi connectivity index (χ1v) is 7.91. The van der Waals surface area contributed by atoms with Gasteiger partial charge in [-0.1, -0.05) is 13.0 Å². The zero-order valence-electron chi connectivity index (χ0n) is 13.5. The maximum absolute atomic E-state index is 9.29. The van der Waals surface area contributed by atoms with Gasteiger partial charge in [0.1, 0.15) is 5.75 Å². The molecule has 21 heavy (non-hydrogen) atoms. The molecule has 118 valence electrons. The number of piperazine rings is 1. The predicted octanol–water partition coefficient (Wildman–Crippen LogP) is 2.10. The molecule has 0 bridgehead atoms. The van der Waals surface area contributed by atoms with Gasteiger partial charge in [-0.2, -0.15) is 0 Å². The molecule has 1 fully saturated rings. The monoisotopic (exact) mass is 292 g/mol. The van der Waals surface area contributed by atoms with Crippen molar-refractivity contribution < 1.29 is 9.84 Å². The highest BCUT2D eigenvalue weighted by Gasteiger charge is 2.20. The predicted molar refractivity (Wildman–Crippen MR) is 85.5 cm³/mol. The van der Waals surface area contributed by atoms with E-state index in [-0.39, 0.29) is 6.61 Å². The van der Waals surface area contributed by atoms with Crippen molar-refractivity contribution in [3.63, 3.8) is 0 Å². The molecule has 0 spiro atoms. The zero-order valence-corrected chi connectivity index (χ0v) is 13.5. The first kappa shape index (κ1) is 16.3. The van der Waals surface area contributed by atoms with Crippen molar-refractivity contribution in [2.75, 3.05) is 33.3 Å². The van der Waals surface area contributed by atoms with E-state index in [9.17, 15) is 5.11 Å². The molecule has 1 saturated heterocycles. The number of ether oxygens (including phenoxy) is 1. The number of hydrogen-bond acceptors (Lipinski definition) is 4. The largest absolute Gasteiger partial charge is 0.496 e. The molecular weight excluding hydrogens is 264 g/mol. The molecule has 1 aromatic rings. The Bertz CT molecular complexity index is 442. The summed E-state index contributed by atoms with van der Waals surface area (Å²) >= 11 is 0. The van der Waals surface area contributed by atoms with E-state index in [0.29, 0.717) is 6.04 Å². The number of aliphatic hydroxyl groups excluding tert-OH is 1. The molecule has 2 rings (SSSR count). The van der Waals surface area contributed by atoms with Crippen LogP contribution in [0.2, 0.25) is 0 Å². The highest BCUT2D eigenvalue weighted by atomic mass is 16.5. The summed E-state index contributed by atoms with van der Waals surface area (Å²) in [5, 5.41) is 9.29.